The average molecular weight is 473 g/mol. The number of hydrogen-bond acceptors (Lipinski definition) is 2. The van der Waals surface area contributed by atoms with Crippen LogP contribution in [-0.4, -0.2) is 23.4 Å². The molecule has 3 nitrogen and oxygen atoms in total. The number of carboxylic acids is 1. The van der Waals surface area contributed by atoms with E-state index in [1.807, 2.05) is 44.2 Å². The van der Waals surface area contributed by atoms with Crippen LogP contribution >= 0.6 is 0 Å². The summed E-state index contributed by atoms with van der Waals surface area (Å²) in [5, 5.41) is 9.72. The van der Waals surface area contributed by atoms with Crippen molar-refractivity contribution in [2.75, 3.05) is 6.61 Å². The predicted octanol–water partition coefficient (Wildman–Crippen LogP) is 8.00. The third kappa shape index (κ3) is 6.58. The summed E-state index contributed by atoms with van der Waals surface area (Å²) < 4.78 is 35.4. The maximum absolute atomic E-state index is 15.7. The Morgan fingerprint density at radius 2 is 1.76 bits per heavy atom. The van der Waals surface area contributed by atoms with Gasteiger partial charge in [-0.1, -0.05) is 69.9 Å². The molecule has 0 bridgehead atoms. The minimum Gasteiger partial charge on any atom is -0.491 e. The Hall–Kier alpha value is -2.43. The molecule has 0 aromatic heterocycles. The van der Waals surface area contributed by atoms with E-state index in [0.29, 0.717) is 19.4 Å². The van der Waals surface area contributed by atoms with Crippen molar-refractivity contribution in [2.24, 2.45) is 11.8 Å². The molecule has 1 saturated carbocycles. The Labute approximate surface area is 202 Å². The number of alkyl halides is 1. The summed E-state index contributed by atoms with van der Waals surface area (Å²) in [6.45, 7) is 4.48. The zero-order valence-corrected chi connectivity index (χ0v) is 20.5. The van der Waals surface area contributed by atoms with Crippen molar-refractivity contribution in [2.45, 2.75) is 83.7 Å². The number of rotatable bonds is 12. The number of ether oxygens (including phenoxy) is 1. The van der Waals surface area contributed by atoms with E-state index >= 15 is 4.39 Å². The van der Waals surface area contributed by atoms with Gasteiger partial charge in [0.1, 0.15) is 0 Å². The lowest BCUT2D eigenvalue weighted by molar-refractivity contribution is -0.158. The summed E-state index contributed by atoms with van der Waals surface area (Å²) in [4.78, 5) is 11.9. The highest BCUT2D eigenvalue weighted by Crippen LogP contribution is 2.41. The Morgan fingerprint density at radius 3 is 2.35 bits per heavy atom. The maximum Gasteiger partial charge on any atom is 0.341 e. The van der Waals surface area contributed by atoms with Gasteiger partial charge in [-0.05, 0) is 73.3 Å². The van der Waals surface area contributed by atoms with E-state index in [1.54, 1.807) is 6.07 Å². The van der Waals surface area contributed by atoms with E-state index in [-0.39, 0.29) is 29.8 Å². The third-order valence-corrected chi connectivity index (χ3v) is 7.29. The van der Waals surface area contributed by atoms with Crippen LogP contribution in [0.4, 0.5) is 8.78 Å². The van der Waals surface area contributed by atoms with E-state index < -0.39 is 11.6 Å². The van der Waals surface area contributed by atoms with Crippen molar-refractivity contribution in [1.29, 1.82) is 0 Å². The number of benzene rings is 2. The van der Waals surface area contributed by atoms with Gasteiger partial charge >= 0.3 is 5.97 Å². The summed E-state index contributed by atoms with van der Waals surface area (Å²) in [7, 11) is 0. The van der Waals surface area contributed by atoms with Gasteiger partial charge in [-0.15, -0.1) is 0 Å². The minimum atomic E-state index is -2.12. The van der Waals surface area contributed by atoms with E-state index in [4.69, 9.17) is 4.74 Å². The van der Waals surface area contributed by atoms with Gasteiger partial charge in [-0.25, -0.2) is 13.6 Å². The molecule has 0 heterocycles. The van der Waals surface area contributed by atoms with Gasteiger partial charge in [0.25, 0.3) is 0 Å². The second kappa shape index (κ2) is 12.3. The number of carbonyl (C=O) groups is 1. The SMILES string of the molecule is CCCOc1ccc(-c2ccc(CCC(CC)C[C@@](F)(C(=O)O)C3CCCCC3)cc2)cc1F. The molecule has 0 amide bonds. The van der Waals surface area contributed by atoms with Crippen molar-refractivity contribution >= 4 is 5.97 Å². The van der Waals surface area contributed by atoms with Crippen LogP contribution in [0.2, 0.25) is 0 Å². The molecule has 0 radical (unpaired) electrons. The van der Waals surface area contributed by atoms with E-state index in [2.05, 4.69) is 0 Å². The van der Waals surface area contributed by atoms with Gasteiger partial charge in [-0.3, -0.25) is 0 Å². The zero-order valence-electron chi connectivity index (χ0n) is 20.5. The summed E-state index contributed by atoms with van der Waals surface area (Å²) in [5.74, 6) is -1.74. The van der Waals surface area contributed by atoms with E-state index in [9.17, 15) is 14.3 Å². The number of aryl methyl sites for hydroxylation is 1. The maximum atomic E-state index is 15.7. The first-order valence-corrected chi connectivity index (χ1v) is 12.8. The molecule has 186 valence electrons. The molecule has 2 aromatic carbocycles. The second-order valence-corrected chi connectivity index (χ2v) is 9.71. The summed E-state index contributed by atoms with van der Waals surface area (Å²) in [5.41, 5.74) is 0.698. The van der Waals surface area contributed by atoms with Crippen LogP contribution in [0.1, 0.15) is 77.2 Å². The fourth-order valence-corrected chi connectivity index (χ4v) is 5.10. The Kier molecular flexibility index (Phi) is 9.49. The first-order chi connectivity index (χ1) is 16.4. The summed E-state index contributed by atoms with van der Waals surface area (Å²) >= 11 is 0. The van der Waals surface area contributed by atoms with Crippen molar-refractivity contribution < 1.29 is 23.4 Å². The van der Waals surface area contributed by atoms with Crippen molar-refractivity contribution in [3.05, 3.63) is 53.8 Å². The van der Waals surface area contributed by atoms with Gasteiger partial charge in [0.2, 0.25) is 5.67 Å². The fourth-order valence-electron chi connectivity index (χ4n) is 5.10. The van der Waals surface area contributed by atoms with Crippen LogP contribution in [0.15, 0.2) is 42.5 Å². The highest BCUT2D eigenvalue weighted by atomic mass is 19.1. The molecule has 3 rings (SSSR count). The molecule has 34 heavy (non-hydrogen) atoms. The molecule has 1 N–H and O–H groups in total. The zero-order chi connectivity index (χ0) is 24.6. The average Bonchev–Trinajstić information content (AvgIpc) is 2.86. The Morgan fingerprint density at radius 1 is 1.09 bits per heavy atom. The molecule has 1 fully saturated rings. The van der Waals surface area contributed by atoms with Gasteiger partial charge in [0.05, 0.1) is 6.61 Å². The third-order valence-electron chi connectivity index (χ3n) is 7.29. The monoisotopic (exact) mass is 472 g/mol. The van der Waals surface area contributed by atoms with E-state index in [0.717, 1.165) is 61.6 Å². The lowest BCUT2D eigenvalue weighted by atomic mass is 9.73. The molecule has 1 unspecified atom stereocenters. The number of halogens is 2. The van der Waals surface area contributed by atoms with Crippen LogP contribution in [0.3, 0.4) is 0 Å². The first-order valence-electron chi connectivity index (χ1n) is 12.8. The van der Waals surface area contributed by atoms with Crippen LogP contribution in [0, 0.1) is 17.7 Å². The van der Waals surface area contributed by atoms with Gasteiger partial charge in [-0.2, -0.15) is 0 Å². The highest BCUT2D eigenvalue weighted by molar-refractivity contribution is 5.77. The molecular formula is C29H38F2O3. The Balaban J connectivity index is 1.61. The predicted molar refractivity (Wildman–Crippen MR) is 132 cm³/mol. The van der Waals surface area contributed by atoms with Crippen molar-refractivity contribution in [1.82, 2.24) is 0 Å². The smallest absolute Gasteiger partial charge is 0.341 e. The fraction of sp³-hybridized carbons (Fsp3) is 0.552. The normalized spacial score (nSPS) is 17.2. The quantitative estimate of drug-likeness (QED) is 0.340. The topological polar surface area (TPSA) is 46.5 Å². The molecule has 0 saturated heterocycles. The molecular weight excluding hydrogens is 434 g/mol. The van der Waals surface area contributed by atoms with Gasteiger partial charge in [0.15, 0.2) is 11.6 Å². The van der Waals surface area contributed by atoms with Crippen LogP contribution < -0.4 is 4.74 Å². The highest BCUT2D eigenvalue weighted by Gasteiger charge is 2.47. The van der Waals surface area contributed by atoms with Crippen LogP contribution in [-0.2, 0) is 11.2 Å². The Bertz CT molecular complexity index is 921. The van der Waals surface area contributed by atoms with Crippen LogP contribution in [0.25, 0.3) is 11.1 Å². The molecule has 0 spiro atoms. The molecule has 2 aromatic rings. The summed E-state index contributed by atoms with van der Waals surface area (Å²) in [6.07, 6.45) is 7.45. The molecule has 1 aliphatic carbocycles. The minimum absolute atomic E-state index is 0.0208. The van der Waals surface area contributed by atoms with Crippen molar-refractivity contribution in [3.63, 3.8) is 0 Å². The first kappa shape index (κ1) is 26.2. The van der Waals surface area contributed by atoms with E-state index in [1.165, 1.54) is 6.07 Å². The van der Waals surface area contributed by atoms with Crippen molar-refractivity contribution in [3.8, 4) is 16.9 Å². The second-order valence-electron chi connectivity index (χ2n) is 9.71. The summed E-state index contributed by atoms with van der Waals surface area (Å²) in [6, 6.07) is 13.0. The largest absolute Gasteiger partial charge is 0.491 e. The molecule has 1 aliphatic rings. The lowest BCUT2D eigenvalue weighted by Gasteiger charge is -2.35. The number of hydrogen-bond donors (Lipinski definition) is 1. The number of carboxylic acid groups (broad SMARTS) is 1. The molecule has 2 atom stereocenters. The van der Waals surface area contributed by atoms with Gasteiger partial charge in [0, 0.05) is 5.92 Å². The number of aliphatic carboxylic acids is 1. The standard InChI is InChI=1S/C29H38F2O3/c1-3-18-34-27-17-16-24(19-26(27)30)23-14-12-22(13-15-23)11-10-21(4-2)20-29(31,28(32)33)25-8-6-5-7-9-25/h12-17,19,21,25H,3-11,18,20H2,1-2H3,(H,32,33)/t21?,29-/m0/s1. The van der Waals surface area contributed by atoms with Crippen LogP contribution in [0.5, 0.6) is 5.75 Å². The molecule has 5 heteroatoms. The lowest BCUT2D eigenvalue weighted by Crippen LogP contribution is -2.44. The molecule has 0 aliphatic heterocycles. The van der Waals surface area contributed by atoms with Gasteiger partial charge < -0.3 is 9.84 Å².